The Bertz CT molecular complexity index is 2560. The number of benzene rings is 4. The number of phenolic OH excluding ortho intramolecular Hbond substituents is 1. The number of phenols is 1. The maximum Gasteiger partial charge on any atom is 0.264 e. The smallest absolute Gasteiger partial charge is 0.264 e. The van der Waals surface area contributed by atoms with Gasteiger partial charge in [0.25, 0.3) is 11.8 Å². The van der Waals surface area contributed by atoms with Crippen molar-refractivity contribution in [3.8, 4) is 28.5 Å². The van der Waals surface area contributed by atoms with E-state index in [2.05, 4.69) is 39.6 Å². The third-order valence-corrected chi connectivity index (χ3v) is 12.5. The van der Waals surface area contributed by atoms with Gasteiger partial charge in [0.15, 0.2) is 11.5 Å². The molecule has 2 N–H and O–H groups in total. The minimum absolute atomic E-state index is 0.0270. The molecule has 1 saturated heterocycles. The summed E-state index contributed by atoms with van der Waals surface area (Å²) in [6, 6.07) is 29.0. The number of carbonyl (C=O) groups excluding carboxylic acids is 2. The average molecular weight is 778 g/mol. The van der Waals surface area contributed by atoms with Crippen LogP contribution in [0.5, 0.6) is 17.2 Å². The number of fused-ring (bicyclic) bond motifs is 4. The Morgan fingerprint density at radius 3 is 2.52 bits per heavy atom. The molecule has 6 aromatic rings. The van der Waals surface area contributed by atoms with Crippen molar-refractivity contribution >= 4 is 34.1 Å². The van der Waals surface area contributed by atoms with Crippen LogP contribution in [-0.2, 0) is 37.7 Å². The highest BCUT2D eigenvalue weighted by Gasteiger charge is 2.37. The van der Waals surface area contributed by atoms with Crippen LogP contribution in [-0.4, -0.2) is 69.1 Å². The fourth-order valence-electron chi connectivity index (χ4n) is 9.43. The van der Waals surface area contributed by atoms with Crippen LogP contribution in [0.15, 0.2) is 97.2 Å². The largest absolute Gasteiger partial charge is 0.508 e. The van der Waals surface area contributed by atoms with Gasteiger partial charge in [-0.25, -0.2) is 0 Å². The number of amides is 2. The monoisotopic (exact) mass is 777 g/mol. The van der Waals surface area contributed by atoms with Crippen molar-refractivity contribution in [1.29, 1.82) is 0 Å². The molecule has 10 rings (SSSR count). The Labute approximate surface area is 337 Å². The first-order valence-corrected chi connectivity index (χ1v) is 20.4. The molecule has 2 aromatic heterocycles. The number of nitrogens with one attached hydrogen (secondary N) is 1. The molecule has 1 fully saturated rings. The number of nitrogens with zero attached hydrogens (tertiary/aromatic N) is 4. The summed E-state index contributed by atoms with van der Waals surface area (Å²) in [6.07, 6.45) is 6.02. The minimum Gasteiger partial charge on any atom is -0.508 e. The summed E-state index contributed by atoms with van der Waals surface area (Å²) in [4.78, 5) is 34.3. The van der Waals surface area contributed by atoms with E-state index >= 15 is 9.59 Å². The van der Waals surface area contributed by atoms with Crippen LogP contribution in [0.3, 0.4) is 0 Å². The van der Waals surface area contributed by atoms with Gasteiger partial charge in [0.2, 0.25) is 6.79 Å². The summed E-state index contributed by atoms with van der Waals surface area (Å²) in [5.74, 6) is 0.949. The number of aromatic hydroxyl groups is 1. The molecule has 0 bridgehead atoms. The molecule has 3 atom stereocenters. The molecule has 11 nitrogen and oxygen atoms in total. The van der Waals surface area contributed by atoms with Crippen LogP contribution >= 0.6 is 0 Å². The Morgan fingerprint density at radius 2 is 1.69 bits per heavy atom. The Morgan fingerprint density at radius 1 is 0.897 bits per heavy atom. The fraction of sp³-hybridized carbons (Fsp3) is 0.319. The third kappa shape index (κ3) is 6.38. The van der Waals surface area contributed by atoms with Crippen molar-refractivity contribution < 1.29 is 28.9 Å². The number of hydrogen-bond acceptors (Lipinski definition) is 7. The normalized spacial score (nSPS) is 19.8. The van der Waals surface area contributed by atoms with E-state index < -0.39 is 0 Å². The lowest BCUT2D eigenvalue weighted by Gasteiger charge is -2.41. The number of aryl methyl sites for hydroxylation is 1. The summed E-state index contributed by atoms with van der Waals surface area (Å²) >= 11 is 0. The van der Waals surface area contributed by atoms with Gasteiger partial charge in [0, 0.05) is 84.2 Å². The van der Waals surface area contributed by atoms with Gasteiger partial charge in [0.1, 0.15) is 5.75 Å². The Balaban J connectivity index is 1.09. The Kier molecular flexibility index (Phi) is 9.21. The molecule has 296 valence electrons. The predicted octanol–water partition coefficient (Wildman–Crippen LogP) is 7.73. The number of rotatable bonds is 7. The van der Waals surface area contributed by atoms with Gasteiger partial charge in [-0.05, 0) is 117 Å². The van der Waals surface area contributed by atoms with E-state index in [-0.39, 0.29) is 42.5 Å². The van der Waals surface area contributed by atoms with Crippen LogP contribution in [0.4, 0.5) is 11.4 Å². The van der Waals surface area contributed by atoms with Crippen molar-refractivity contribution in [3.63, 3.8) is 0 Å². The van der Waals surface area contributed by atoms with Gasteiger partial charge in [-0.1, -0.05) is 24.3 Å². The Hall–Kier alpha value is -6.04. The second-order valence-corrected chi connectivity index (χ2v) is 16.0. The lowest BCUT2D eigenvalue weighted by atomic mass is 9.88. The zero-order valence-electron chi connectivity index (χ0n) is 32.8. The SMILES string of the molecule is C[C@@H]1NCCOC1C[C@@H]1Cc2ccccc2CN1C(=O)c1cc2c(cc1-c1cc(C(=O)N(c3ccc(O)cc3)c3ccc4c(ccn4C)c3)c3n1CCCC3)OCO2. The molecule has 4 aromatic carbocycles. The highest BCUT2D eigenvalue weighted by molar-refractivity contribution is 6.13. The summed E-state index contributed by atoms with van der Waals surface area (Å²) in [5.41, 5.74) is 8.34. The van der Waals surface area contributed by atoms with Crippen LogP contribution in [0.2, 0.25) is 0 Å². The van der Waals surface area contributed by atoms with E-state index in [4.69, 9.17) is 14.2 Å². The van der Waals surface area contributed by atoms with Crippen molar-refractivity contribution in [3.05, 3.63) is 125 Å². The van der Waals surface area contributed by atoms with E-state index in [0.717, 1.165) is 53.7 Å². The van der Waals surface area contributed by atoms with Gasteiger partial charge in [-0.3, -0.25) is 14.5 Å². The molecule has 0 spiro atoms. The summed E-state index contributed by atoms with van der Waals surface area (Å²) in [7, 11) is 2.00. The molecule has 11 heteroatoms. The predicted molar refractivity (Wildman–Crippen MR) is 222 cm³/mol. The number of morpholine rings is 1. The second kappa shape index (κ2) is 14.7. The van der Waals surface area contributed by atoms with Crippen LogP contribution in [0.25, 0.3) is 22.2 Å². The molecule has 1 unspecified atom stereocenters. The molecule has 6 heterocycles. The van der Waals surface area contributed by atoms with Crippen LogP contribution in [0, 0.1) is 0 Å². The maximum atomic E-state index is 15.3. The highest BCUT2D eigenvalue weighted by Crippen LogP contribution is 2.43. The molecule has 4 aliphatic rings. The zero-order chi connectivity index (χ0) is 39.5. The number of hydrogen-bond donors (Lipinski definition) is 2. The van der Waals surface area contributed by atoms with E-state index in [0.29, 0.717) is 72.1 Å². The van der Waals surface area contributed by atoms with Crippen molar-refractivity contribution in [2.45, 2.75) is 70.3 Å². The lowest BCUT2D eigenvalue weighted by Crippen LogP contribution is -2.52. The van der Waals surface area contributed by atoms with Crippen molar-refractivity contribution in [1.82, 2.24) is 19.4 Å². The quantitative estimate of drug-likeness (QED) is 0.171. The summed E-state index contributed by atoms with van der Waals surface area (Å²) in [5, 5.41) is 14.8. The highest BCUT2D eigenvalue weighted by atomic mass is 16.7. The number of aromatic nitrogens is 2. The standard InChI is InChI=1S/C47H47N5O6/c1-29-43(56-20-17-48-29)23-35-21-30-7-3-4-8-32(30)27-51(35)46(54)38-26-45-44(57-28-58-45)25-37(38)42-24-39(41-9-5-6-18-50(41)42)47(55)52(33-10-13-36(53)14-11-33)34-12-15-40-31(22-34)16-19-49(40)2/h3-4,7-8,10-16,19,22,24-26,29,35,43,48,53H,5-6,9,17-18,20-21,23,27-28H2,1-2H3/t29-,35-,43?/m0/s1. The number of anilines is 2. The van der Waals surface area contributed by atoms with Gasteiger partial charge < -0.3 is 38.7 Å². The average Bonchev–Trinajstić information content (AvgIpc) is 3.98. The third-order valence-electron chi connectivity index (χ3n) is 12.5. The summed E-state index contributed by atoms with van der Waals surface area (Å²) in [6.45, 7) is 4.86. The van der Waals surface area contributed by atoms with Crippen LogP contribution in [0.1, 0.15) is 63.7 Å². The molecular weight excluding hydrogens is 731 g/mol. The molecule has 0 saturated carbocycles. The van der Waals surface area contributed by atoms with Gasteiger partial charge in [0.05, 0.1) is 23.8 Å². The number of carbonyl (C=O) groups is 2. The molecule has 0 aliphatic carbocycles. The van der Waals surface area contributed by atoms with Crippen molar-refractivity contribution in [2.75, 3.05) is 24.8 Å². The van der Waals surface area contributed by atoms with Gasteiger partial charge in [-0.15, -0.1) is 0 Å². The maximum absolute atomic E-state index is 15.3. The van der Waals surface area contributed by atoms with Crippen LogP contribution < -0.4 is 19.7 Å². The molecular formula is C47H47N5O6. The molecule has 58 heavy (non-hydrogen) atoms. The minimum atomic E-state index is -0.186. The summed E-state index contributed by atoms with van der Waals surface area (Å²) < 4.78 is 22.4. The van der Waals surface area contributed by atoms with Crippen molar-refractivity contribution in [2.24, 2.45) is 7.05 Å². The van der Waals surface area contributed by atoms with Gasteiger partial charge in [-0.2, -0.15) is 0 Å². The first kappa shape index (κ1) is 36.3. The molecule has 0 radical (unpaired) electrons. The van der Waals surface area contributed by atoms with E-state index in [1.54, 1.807) is 29.2 Å². The molecule has 2 amide bonds. The molecule has 4 aliphatic heterocycles. The van der Waals surface area contributed by atoms with E-state index in [1.807, 2.05) is 66.7 Å². The van der Waals surface area contributed by atoms with Gasteiger partial charge >= 0.3 is 0 Å². The van der Waals surface area contributed by atoms with E-state index in [9.17, 15) is 5.11 Å². The lowest BCUT2D eigenvalue weighted by molar-refractivity contribution is -0.0200. The number of ether oxygens (including phenoxy) is 3. The second-order valence-electron chi connectivity index (χ2n) is 16.0. The first-order chi connectivity index (χ1) is 28.3. The van der Waals surface area contributed by atoms with E-state index in [1.165, 1.54) is 5.56 Å². The topological polar surface area (TPSA) is 110 Å². The first-order valence-electron chi connectivity index (χ1n) is 20.4. The zero-order valence-corrected chi connectivity index (χ0v) is 32.8. The fourth-order valence-corrected chi connectivity index (χ4v) is 9.43.